The standard InChI is InChI=1S/C10H19NO/c1-2-3-4-11-5-9-7-12-8-10(9)6-11/h9-10H,2-8H2,1H3. The quantitative estimate of drug-likeness (QED) is 0.632. The first-order valence-corrected chi connectivity index (χ1v) is 5.20. The van der Waals surface area contributed by atoms with Gasteiger partial charge in [-0.05, 0) is 13.0 Å². The lowest BCUT2D eigenvalue weighted by atomic mass is 10.0. The molecule has 0 aromatic heterocycles. The average molecular weight is 169 g/mol. The third-order valence-electron chi connectivity index (χ3n) is 3.14. The molecule has 0 N–H and O–H groups in total. The molecular weight excluding hydrogens is 150 g/mol. The van der Waals surface area contributed by atoms with Crippen molar-refractivity contribution in [1.82, 2.24) is 4.90 Å². The van der Waals surface area contributed by atoms with E-state index in [0.29, 0.717) is 0 Å². The minimum atomic E-state index is 0.863. The summed E-state index contributed by atoms with van der Waals surface area (Å²) in [6.07, 6.45) is 2.68. The van der Waals surface area contributed by atoms with Gasteiger partial charge in [0.2, 0.25) is 0 Å². The first-order valence-electron chi connectivity index (χ1n) is 5.20. The number of rotatable bonds is 3. The molecule has 0 amide bonds. The average Bonchev–Trinajstić information content (AvgIpc) is 2.58. The molecule has 2 atom stereocenters. The van der Waals surface area contributed by atoms with E-state index in [2.05, 4.69) is 11.8 Å². The Kier molecular flexibility index (Phi) is 2.66. The van der Waals surface area contributed by atoms with Crippen LogP contribution in [0.1, 0.15) is 19.8 Å². The molecule has 2 fully saturated rings. The Labute approximate surface area is 74.9 Å². The number of nitrogens with zero attached hydrogens (tertiary/aromatic N) is 1. The van der Waals surface area contributed by atoms with Crippen LogP contribution in [0.15, 0.2) is 0 Å². The number of ether oxygens (including phenoxy) is 1. The van der Waals surface area contributed by atoms with Gasteiger partial charge in [0, 0.05) is 24.9 Å². The Bertz CT molecular complexity index is 137. The van der Waals surface area contributed by atoms with Crippen molar-refractivity contribution < 1.29 is 4.74 Å². The van der Waals surface area contributed by atoms with Gasteiger partial charge in [-0.25, -0.2) is 0 Å². The maximum atomic E-state index is 5.44. The molecule has 0 aliphatic carbocycles. The number of unbranched alkanes of at least 4 members (excludes halogenated alkanes) is 1. The first-order chi connectivity index (χ1) is 5.90. The van der Waals surface area contributed by atoms with E-state index in [-0.39, 0.29) is 0 Å². The van der Waals surface area contributed by atoms with Crippen molar-refractivity contribution in [2.45, 2.75) is 19.8 Å². The fourth-order valence-electron chi connectivity index (χ4n) is 2.35. The first kappa shape index (κ1) is 8.52. The Morgan fingerprint density at radius 1 is 1.25 bits per heavy atom. The van der Waals surface area contributed by atoms with Crippen LogP contribution in [0.4, 0.5) is 0 Å². The van der Waals surface area contributed by atoms with E-state index in [9.17, 15) is 0 Å². The summed E-state index contributed by atoms with van der Waals surface area (Å²) in [4.78, 5) is 2.61. The van der Waals surface area contributed by atoms with Gasteiger partial charge in [0.25, 0.3) is 0 Å². The summed E-state index contributed by atoms with van der Waals surface area (Å²) >= 11 is 0. The van der Waals surface area contributed by atoms with Gasteiger partial charge in [0.05, 0.1) is 13.2 Å². The molecule has 2 aliphatic rings. The van der Waals surface area contributed by atoms with E-state index in [0.717, 1.165) is 25.0 Å². The second-order valence-corrected chi connectivity index (χ2v) is 4.17. The predicted octanol–water partition coefficient (Wildman–Crippen LogP) is 1.36. The van der Waals surface area contributed by atoms with Crippen molar-refractivity contribution in [2.75, 3.05) is 32.8 Å². The van der Waals surface area contributed by atoms with Crippen LogP contribution in [0, 0.1) is 11.8 Å². The second kappa shape index (κ2) is 3.75. The molecule has 0 bridgehead atoms. The number of hydrogen-bond donors (Lipinski definition) is 0. The van der Waals surface area contributed by atoms with Gasteiger partial charge in [-0.2, -0.15) is 0 Å². The molecule has 2 heteroatoms. The van der Waals surface area contributed by atoms with E-state index >= 15 is 0 Å². The molecular formula is C10H19NO. The van der Waals surface area contributed by atoms with Crippen LogP contribution in [0.3, 0.4) is 0 Å². The van der Waals surface area contributed by atoms with Crippen molar-refractivity contribution in [2.24, 2.45) is 11.8 Å². The van der Waals surface area contributed by atoms with Gasteiger partial charge in [0.1, 0.15) is 0 Å². The molecule has 0 aromatic rings. The third kappa shape index (κ3) is 1.64. The molecule has 0 aromatic carbocycles. The van der Waals surface area contributed by atoms with E-state index in [1.54, 1.807) is 0 Å². The third-order valence-corrected chi connectivity index (χ3v) is 3.14. The van der Waals surface area contributed by atoms with Crippen LogP contribution >= 0.6 is 0 Å². The lowest BCUT2D eigenvalue weighted by molar-refractivity contribution is 0.154. The summed E-state index contributed by atoms with van der Waals surface area (Å²) in [7, 11) is 0. The highest BCUT2D eigenvalue weighted by atomic mass is 16.5. The van der Waals surface area contributed by atoms with Crippen LogP contribution in [0.5, 0.6) is 0 Å². The fraction of sp³-hybridized carbons (Fsp3) is 1.00. The topological polar surface area (TPSA) is 12.5 Å². The zero-order valence-corrected chi connectivity index (χ0v) is 7.96. The zero-order valence-electron chi connectivity index (χ0n) is 7.96. The van der Waals surface area contributed by atoms with Crippen LogP contribution in [-0.2, 0) is 4.74 Å². The summed E-state index contributed by atoms with van der Waals surface area (Å²) in [6, 6.07) is 0. The molecule has 2 rings (SSSR count). The van der Waals surface area contributed by atoms with Crippen molar-refractivity contribution >= 4 is 0 Å². The van der Waals surface area contributed by atoms with Crippen LogP contribution < -0.4 is 0 Å². The molecule has 0 radical (unpaired) electrons. The number of hydrogen-bond acceptors (Lipinski definition) is 2. The van der Waals surface area contributed by atoms with Crippen LogP contribution in [0.25, 0.3) is 0 Å². The Balaban J connectivity index is 1.75. The maximum Gasteiger partial charge on any atom is 0.0510 e. The lowest BCUT2D eigenvalue weighted by Gasteiger charge is -2.15. The molecule has 2 aliphatic heterocycles. The van der Waals surface area contributed by atoms with Gasteiger partial charge in [-0.3, -0.25) is 0 Å². The predicted molar refractivity (Wildman–Crippen MR) is 49.1 cm³/mol. The smallest absolute Gasteiger partial charge is 0.0510 e. The van der Waals surface area contributed by atoms with Crippen molar-refractivity contribution in [3.8, 4) is 0 Å². The molecule has 2 heterocycles. The van der Waals surface area contributed by atoms with Gasteiger partial charge in [-0.1, -0.05) is 13.3 Å². The van der Waals surface area contributed by atoms with Gasteiger partial charge >= 0.3 is 0 Å². The number of fused-ring (bicyclic) bond motifs is 1. The van der Waals surface area contributed by atoms with Gasteiger partial charge in [-0.15, -0.1) is 0 Å². The molecule has 2 saturated heterocycles. The molecule has 12 heavy (non-hydrogen) atoms. The SMILES string of the molecule is CCCCN1CC2COCC2C1. The van der Waals surface area contributed by atoms with Crippen molar-refractivity contribution in [1.29, 1.82) is 0 Å². The van der Waals surface area contributed by atoms with E-state index < -0.39 is 0 Å². The summed E-state index contributed by atoms with van der Waals surface area (Å²) < 4.78 is 5.44. The van der Waals surface area contributed by atoms with Crippen LogP contribution in [0.2, 0.25) is 0 Å². The maximum absolute atomic E-state index is 5.44. The van der Waals surface area contributed by atoms with Gasteiger partial charge < -0.3 is 9.64 Å². The molecule has 2 unspecified atom stereocenters. The largest absolute Gasteiger partial charge is 0.381 e. The number of likely N-dealkylation sites (tertiary alicyclic amines) is 1. The molecule has 2 nitrogen and oxygen atoms in total. The highest BCUT2D eigenvalue weighted by Crippen LogP contribution is 2.28. The fourth-order valence-corrected chi connectivity index (χ4v) is 2.35. The van der Waals surface area contributed by atoms with Crippen molar-refractivity contribution in [3.63, 3.8) is 0 Å². The highest BCUT2D eigenvalue weighted by Gasteiger charge is 2.36. The summed E-state index contributed by atoms with van der Waals surface area (Å²) in [6.45, 7) is 8.21. The Hall–Kier alpha value is -0.0800. The van der Waals surface area contributed by atoms with Crippen molar-refractivity contribution in [3.05, 3.63) is 0 Å². The normalized spacial score (nSPS) is 35.8. The minimum Gasteiger partial charge on any atom is -0.381 e. The molecule has 70 valence electrons. The summed E-state index contributed by atoms with van der Waals surface area (Å²) in [5.41, 5.74) is 0. The molecule has 0 saturated carbocycles. The van der Waals surface area contributed by atoms with E-state index in [4.69, 9.17) is 4.74 Å². The van der Waals surface area contributed by atoms with Gasteiger partial charge in [0.15, 0.2) is 0 Å². The van der Waals surface area contributed by atoms with Crippen LogP contribution in [-0.4, -0.2) is 37.7 Å². The zero-order chi connectivity index (χ0) is 8.39. The van der Waals surface area contributed by atoms with E-state index in [1.807, 2.05) is 0 Å². The minimum absolute atomic E-state index is 0.863. The monoisotopic (exact) mass is 169 g/mol. The van der Waals surface area contributed by atoms with E-state index in [1.165, 1.54) is 32.5 Å². The second-order valence-electron chi connectivity index (χ2n) is 4.17. The molecule has 0 spiro atoms. The highest BCUT2D eigenvalue weighted by molar-refractivity contribution is 4.86. The Morgan fingerprint density at radius 3 is 2.50 bits per heavy atom. The lowest BCUT2D eigenvalue weighted by Crippen LogP contribution is -2.23. The summed E-state index contributed by atoms with van der Waals surface area (Å²) in [5.74, 6) is 1.73. The summed E-state index contributed by atoms with van der Waals surface area (Å²) in [5, 5.41) is 0. The Morgan fingerprint density at radius 2 is 1.92 bits per heavy atom.